The summed E-state index contributed by atoms with van der Waals surface area (Å²) in [6, 6.07) is 3.42. The van der Waals surface area contributed by atoms with Gasteiger partial charge in [-0.15, -0.1) is 0 Å². The van der Waals surface area contributed by atoms with E-state index in [1.807, 2.05) is 0 Å². The molecule has 1 aromatic heterocycles. The topological polar surface area (TPSA) is 106 Å². The lowest BCUT2D eigenvalue weighted by Crippen LogP contribution is -2.32. The van der Waals surface area contributed by atoms with Crippen LogP contribution in [0.1, 0.15) is 18.4 Å². The number of piperidine rings is 1. The highest BCUT2D eigenvalue weighted by Gasteiger charge is 2.21. The highest BCUT2D eigenvalue weighted by molar-refractivity contribution is 6.06. The van der Waals surface area contributed by atoms with E-state index in [1.54, 1.807) is 18.3 Å². The maximum Gasteiger partial charge on any atom is 0.250 e. The Morgan fingerprint density at radius 1 is 1.44 bits per heavy atom. The number of aliphatic imine (C=N–C) groups is 1. The molecule has 2 rings (SSSR count). The third-order valence-corrected chi connectivity index (χ3v) is 3.03. The molecule has 0 bridgehead atoms. The number of amides is 1. The predicted molar refractivity (Wildman–Crippen MR) is 70.0 cm³/mol. The maximum atomic E-state index is 11.9. The Balaban J connectivity index is 2.12. The zero-order valence-electron chi connectivity index (χ0n) is 10.1. The molecule has 2 heterocycles. The van der Waals surface area contributed by atoms with E-state index < -0.39 is 0 Å². The Bertz CT molecular complexity index is 465. The van der Waals surface area contributed by atoms with Crippen LogP contribution in [0.4, 0.5) is 5.82 Å². The van der Waals surface area contributed by atoms with Crippen molar-refractivity contribution < 1.29 is 4.79 Å². The van der Waals surface area contributed by atoms with Crippen LogP contribution in [0.3, 0.4) is 0 Å². The van der Waals surface area contributed by atoms with E-state index >= 15 is 0 Å². The molecular formula is C12H17N5O. The summed E-state index contributed by atoms with van der Waals surface area (Å²) < 4.78 is 0. The molecule has 1 aliphatic rings. The van der Waals surface area contributed by atoms with Crippen molar-refractivity contribution in [2.75, 3.05) is 18.8 Å². The van der Waals surface area contributed by atoms with Gasteiger partial charge in [0.05, 0.1) is 5.56 Å². The van der Waals surface area contributed by atoms with E-state index in [1.165, 1.54) is 0 Å². The average molecular weight is 247 g/mol. The standard InChI is InChI=1S/C12H17N5O/c13-10-9(2-1-5-16-10)11(14)17-12(18)8-3-6-15-7-4-8/h1-2,5,8,15H,3-4,6-7H2,(H2,13,16)(H2,14,17,18). The van der Waals surface area contributed by atoms with Gasteiger partial charge in [0, 0.05) is 12.1 Å². The number of carbonyl (C=O) groups excluding carboxylic acids is 1. The molecule has 0 aliphatic carbocycles. The van der Waals surface area contributed by atoms with Crippen LogP contribution in [0, 0.1) is 5.92 Å². The Labute approximate surface area is 105 Å². The summed E-state index contributed by atoms with van der Waals surface area (Å²) in [7, 11) is 0. The number of nitrogens with zero attached hydrogens (tertiary/aromatic N) is 2. The van der Waals surface area contributed by atoms with E-state index in [-0.39, 0.29) is 23.5 Å². The minimum absolute atomic E-state index is 0.0392. The van der Waals surface area contributed by atoms with Crippen molar-refractivity contribution in [2.24, 2.45) is 16.6 Å². The van der Waals surface area contributed by atoms with Crippen LogP contribution in [0.15, 0.2) is 23.3 Å². The lowest BCUT2D eigenvalue weighted by Gasteiger charge is -2.19. The third-order valence-electron chi connectivity index (χ3n) is 3.03. The van der Waals surface area contributed by atoms with Gasteiger partial charge in [0.1, 0.15) is 11.7 Å². The number of anilines is 1. The van der Waals surface area contributed by atoms with Gasteiger partial charge in [-0.1, -0.05) is 0 Å². The Hall–Kier alpha value is -1.95. The zero-order chi connectivity index (χ0) is 13.0. The van der Waals surface area contributed by atoms with Crippen LogP contribution >= 0.6 is 0 Å². The molecule has 6 heteroatoms. The number of nitrogens with one attached hydrogen (secondary N) is 1. The van der Waals surface area contributed by atoms with Gasteiger partial charge in [-0.2, -0.15) is 4.99 Å². The van der Waals surface area contributed by atoms with E-state index in [0.717, 1.165) is 25.9 Å². The molecule has 0 saturated carbocycles. The maximum absolute atomic E-state index is 11.9. The van der Waals surface area contributed by atoms with Gasteiger partial charge in [0.2, 0.25) is 0 Å². The second kappa shape index (κ2) is 5.59. The molecule has 1 aromatic rings. The first-order valence-corrected chi connectivity index (χ1v) is 5.98. The van der Waals surface area contributed by atoms with Gasteiger partial charge in [-0.25, -0.2) is 4.98 Å². The number of amidine groups is 1. The van der Waals surface area contributed by atoms with Crippen molar-refractivity contribution in [1.82, 2.24) is 10.3 Å². The summed E-state index contributed by atoms with van der Waals surface area (Å²) in [6.07, 6.45) is 3.18. The molecule has 0 unspecified atom stereocenters. The molecule has 1 aliphatic heterocycles. The fraction of sp³-hybridized carbons (Fsp3) is 0.417. The summed E-state index contributed by atoms with van der Waals surface area (Å²) >= 11 is 0. The lowest BCUT2D eigenvalue weighted by molar-refractivity contribution is -0.122. The summed E-state index contributed by atoms with van der Waals surface area (Å²) in [5, 5.41) is 3.20. The normalized spacial score (nSPS) is 17.7. The van der Waals surface area contributed by atoms with Crippen molar-refractivity contribution in [3.63, 3.8) is 0 Å². The first-order valence-electron chi connectivity index (χ1n) is 5.98. The quantitative estimate of drug-likeness (QED) is 0.499. The van der Waals surface area contributed by atoms with Crippen LogP contribution in [0.5, 0.6) is 0 Å². The first-order chi connectivity index (χ1) is 8.68. The van der Waals surface area contributed by atoms with Gasteiger partial charge in [-0.05, 0) is 38.1 Å². The minimum atomic E-state index is -0.169. The average Bonchev–Trinajstić information content (AvgIpc) is 2.40. The second-order valence-electron chi connectivity index (χ2n) is 4.30. The van der Waals surface area contributed by atoms with Crippen LogP contribution in [0.25, 0.3) is 0 Å². The van der Waals surface area contributed by atoms with Gasteiger partial charge < -0.3 is 16.8 Å². The van der Waals surface area contributed by atoms with Gasteiger partial charge in [0.15, 0.2) is 0 Å². The van der Waals surface area contributed by atoms with E-state index in [4.69, 9.17) is 11.5 Å². The number of aromatic nitrogens is 1. The second-order valence-corrected chi connectivity index (χ2v) is 4.30. The van der Waals surface area contributed by atoms with E-state index in [9.17, 15) is 4.79 Å². The molecule has 0 spiro atoms. The lowest BCUT2D eigenvalue weighted by atomic mass is 9.97. The third kappa shape index (κ3) is 2.84. The summed E-state index contributed by atoms with van der Waals surface area (Å²) in [4.78, 5) is 19.8. The number of nitrogen functional groups attached to an aromatic ring is 1. The zero-order valence-corrected chi connectivity index (χ0v) is 10.1. The van der Waals surface area contributed by atoms with Crippen molar-refractivity contribution >= 4 is 17.6 Å². The number of nitrogens with two attached hydrogens (primary N) is 2. The minimum Gasteiger partial charge on any atom is -0.383 e. The molecule has 0 radical (unpaired) electrons. The fourth-order valence-electron chi connectivity index (χ4n) is 1.97. The molecule has 1 amide bonds. The van der Waals surface area contributed by atoms with Crippen molar-refractivity contribution in [3.05, 3.63) is 23.9 Å². The van der Waals surface area contributed by atoms with Crippen LogP contribution < -0.4 is 16.8 Å². The summed E-state index contributed by atoms with van der Waals surface area (Å²) in [5.41, 5.74) is 12.0. The van der Waals surface area contributed by atoms with Crippen molar-refractivity contribution in [2.45, 2.75) is 12.8 Å². The smallest absolute Gasteiger partial charge is 0.250 e. The van der Waals surface area contributed by atoms with Crippen LogP contribution in [-0.2, 0) is 4.79 Å². The highest BCUT2D eigenvalue weighted by atomic mass is 16.1. The molecule has 96 valence electrons. The summed E-state index contributed by atoms with van der Waals surface area (Å²) in [5.74, 6) is 0.223. The van der Waals surface area contributed by atoms with Crippen LogP contribution in [0.2, 0.25) is 0 Å². The van der Waals surface area contributed by atoms with E-state index in [2.05, 4.69) is 15.3 Å². The SMILES string of the molecule is NC(=NC(=O)C1CCNCC1)c1cccnc1N. The number of carbonyl (C=O) groups is 1. The Morgan fingerprint density at radius 2 is 2.17 bits per heavy atom. The monoisotopic (exact) mass is 247 g/mol. The molecule has 6 nitrogen and oxygen atoms in total. The largest absolute Gasteiger partial charge is 0.383 e. The molecular weight excluding hydrogens is 230 g/mol. The van der Waals surface area contributed by atoms with Crippen molar-refractivity contribution in [1.29, 1.82) is 0 Å². The highest BCUT2D eigenvalue weighted by Crippen LogP contribution is 2.14. The van der Waals surface area contributed by atoms with Crippen LogP contribution in [-0.4, -0.2) is 29.8 Å². The number of hydrogen-bond donors (Lipinski definition) is 3. The fourth-order valence-corrected chi connectivity index (χ4v) is 1.97. The van der Waals surface area contributed by atoms with Gasteiger partial charge in [-0.3, -0.25) is 4.79 Å². The number of pyridine rings is 1. The number of rotatable bonds is 2. The Kier molecular flexibility index (Phi) is 3.88. The molecule has 5 N–H and O–H groups in total. The first kappa shape index (κ1) is 12.5. The van der Waals surface area contributed by atoms with Crippen molar-refractivity contribution in [3.8, 4) is 0 Å². The molecule has 1 saturated heterocycles. The molecule has 18 heavy (non-hydrogen) atoms. The Morgan fingerprint density at radius 3 is 2.83 bits per heavy atom. The van der Waals surface area contributed by atoms with E-state index in [0.29, 0.717) is 5.56 Å². The summed E-state index contributed by atoms with van der Waals surface area (Å²) in [6.45, 7) is 1.70. The number of hydrogen-bond acceptors (Lipinski definition) is 4. The molecule has 1 fully saturated rings. The molecule has 0 aromatic carbocycles. The molecule has 0 atom stereocenters. The van der Waals surface area contributed by atoms with Gasteiger partial charge in [0.25, 0.3) is 5.91 Å². The predicted octanol–water partition coefficient (Wildman–Crippen LogP) is -0.105. The van der Waals surface area contributed by atoms with Gasteiger partial charge >= 0.3 is 0 Å².